The monoisotopic (exact) mass is 285 g/mol. The molecule has 1 aliphatic carbocycles. The van der Waals surface area contributed by atoms with Crippen LogP contribution in [0.15, 0.2) is 24.3 Å². The van der Waals surface area contributed by atoms with E-state index in [9.17, 15) is 9.90 Å². The predicted octanol–water partition coefficient (Wildman–Crippen LogP) is 3.14. The molecule has 1 heterocycles. The van der Waals surface area contributed by atoms with E-state index in [1.54, 1.807) is 4.68 Å². The highest BCUT2D eigenvalue weighted by Crippen LogP contribution is 2.42. The average Bonchev–Trinajstić information content (AvgIpc) is 3.16. The average molecular weight is 285 g/mol. The summed E-state index contributed by atoms with van der Waals surface area (Å²) >= 11 is 0. The Labute approximate surface area is 123 Å². The third-order valence-corrected chi connectivity index (χ3v) is 3.81. The van der Waals surface area contributed by atoms with Gasteiger partial charge >= 0.3 is 5.97 Å². The molecule has 3 rings (SSSR count). The summed E-state index contributed by atoms with van der Waals surface area (Å²) in [6.07, 6.45) is 2.01. The van der Waals surface area contributed by atoms with Gasteiger partial charge in [-0.2, -0.15) is 0 Å². The first kappa shape index (κ1) is 13.8. The Morgan fingerprint density at radius 1 is 1.29 bits per heavy atom. The topological polar surface area (TPSA) is 68.0 Å². The molecule has 0 unspecified atom stereocenters. The van der Waals surface area contributed by atoms with Gasteiger partial charge in [0, 0.05) is 5.92 Å². The number of hydrogen-bond acceptors (Lipinski definition) is 3. The summed E-state index contributed by atoms with van der Waals surface area (Å²) < 4.78 is 1.72. The number of hydrogen-bond donors (Lipinski definition) is 1. The lowest BCUT2D eigenvalue weighted by Gasteiger charge is -2.23. The van der Waals surface area contributed by atoms with E-state index in [1.807, 2.05) is 18.2 Å². The largest absolute Gasteiger partial charge is 0.476 e. The Bertz CT molecular complexity index is 694. The number of para-hydroxylation sites is 1. The Morgan fingerprint density at radius 3 is 2.52 bits per heavy atom. The van der Waals surface area contributed by atoms with Crippen LogP contribution in [0.4, 0.5) is 0 Å². The van der Waals surface area contributed by atoms with Crippen molar-refractivity contribution in [2.24, 2.45) is 0 Å². The lowest BCUT2D eigenvalue weighted by Crippen LogP contribution is -2.17. The van der Waals surface area contributed by atoms with Crippen LogP contribution in [0, 0.1) is 0 Å². The number of nitrogens with zero attached hydrogens (tertiary/aromatic N) is 3. The maximum atomic E-state index is 11.4. The number of benzene rings is 1. The third kappa shape index (κ3) is 2.44. The SMILES string of the molecule is CC(C)(C)c1ccccc1-n1nnc(C(=O)O)c1C1CC1. The van der Waals surface area contributed by atoms with Gasteiger partial charge in [0.25, 0.3) is 0 Å². The van der Waals surface area contributed by atoms with E-state index in [0.717, 1.165) is 29.8 Å². The van der Waals surface area contributed by atoms with Crippen LogP contribution in [0.5, 0.6) is 0 Å². The van der Waals surface area contributed by atoms with Crippen LogP contribution < -0.4 is 0 Å². The van der Waals surface area contributed by atoms with Gasteiger partial charge < -0.3 is 5.11 Å². The van der Waals surface area contributed by atoms with Gasteiger partial charge in [0.1, 0.15) is 0 Å². The zero-order valence-electron chi connectivity index (χ0n) is 12.5. The second-order valence-electron chi connectivity index (χ2n) is 6.58. The van der Waals surface area contributed by atoms with Gasteiger partial charge in [-0.15, -0.1) is 5.10 Å². The van der Waals surface area contributed by atoms with Crippen LogP contribution in [0.1, 0.15) is 61.3 Å². The molecule has 0 spiro atoms. The van der Waals surface area contributed by atoms with Crippen molar-refractivity contribution < 1.29 is 9.90 Å². The molecule has 5 nitrogen and oxygen atoms in total. The minimum Gasteiger partial charge on any atom is -0.476 e. The highest BCUT2D eigenvalue weighted by Gasteiger charge is 2.35. The van der Waals surface area contributed by atoms with E-state index in [2.05, 4.69) is 37.1 Å². The molecule has 1 fully saturated rings. The first-order valence-corrected chi connectivity index (χ1v) is 7.18. The lowest BCUT2D eigenvalue weighted by molar-refractivity contribution is 0.0689. The summed E-state index contributed by atoms with van der Waals surface area (Å²) in [5.74, 6) is -0.740. The van der Waals surface area contributed by atoms with Crippen LogP contribution >= 0.6 is 0 Å². The Kier molecular flexibility index (Phi) is 3.08. The van der Waals surface area contributed by atoms with Crippen LogP contribution in [0.3, 0.4) is 0 Å². The fourth-order valence-corrected chi connectivity index (χ4v) is 2.64. The highest BCUT2D eigenvalue weighted by atomic mass is 16.4. The molecule has 2 aromatic rings. The summed E-state index contributed by atoms with van der Waals surface area (Å²) in [4.78, 5) is 11.4. The minimum absolute atomic E-state index is 0.0489. The number of carboxylic acid groups (broad SMARTS) is 1. The summed E-state index contributed by atoms with van der Waals surface area (Å²) in [6.45, 7) is 6.41. The molecule has 0 aliphatic heterocycles. The van der Waals surface area contributed by atoms with Gasteiger partial charge in [-0.05, 0) is 29.9 Å². The molecule has 0 radical (unpaired) electrons. The standard InChI is InChI=1S/C16H19N3O2/c1-16(2,3)11-6-4-5-7-12(11)19-14(10-8-9-10)13(15(20)21)17-18-19/h4-7,10H,8-9H2,1-3H3,(H,20,21). The van der Waals surface area contributed by atoms with Gasteiger partial charge in [-0.3, -0.25) is 0 Å². The highest BCUT2D eigenvalue weighted by molar-refractivity contribution is 5.87. The number of carbonyl (C=O) groups is 1. The molecule has 0 amide bonds. The fourth-order valence-electron chi connectivity index (χ4n) is 2.64. The second-order valence-corrected chi connectivity index (χ2v) is 6.58. The molecule has 0 atom stereocenters. The van der Waals surface area contributed by atoms with Crippen molar-refractivity contribution in [1.29, 1.82) is 0 Å². The molecule has 1 aromatic carbocycles. The summed E-state index contributed by atoms with van der Waals surface area (Å²) in [7, 11) is 0. The summed E-state index contributed by atoms with van der Waals surface area (Å²) in [5.41, 5.74) is 2.83. The number of carboxylic acids is 1. The zero-order valence-corrected chi connectivity index (χ0v) is 12.5. The molecular formula is C16H19N3O2. The second kappa shape index (κ2) is 4.69. The van der Waals surface area contributed by atoms with Crippen molar-refractivity contribution in [2.45, 2.75) is 44.9 Å². The maximum absolute atomic E-state index is 11.4. The van der Waals surface area contributed by atoms with Crippen LogP contribution in [0.2, 0.25) is 0 Å². The van der Waals surface area contributed by atoms with Crippen molar-refractivity contribution in [1.82, 2.24) is 15.0 Å². The van der Waals surface area contributed by atoms with Crippen LogP contribution in [-0.4, -0.2) is 26.1 Å². The first-order valence-electron chi connectivity index (χ1n) is 7.18. The van der Waals surface area contributed by atoms with Crippen LogP contribution in [-0.2, 0) is 5.41 Å². The molecule has 1 aromatic heterocycles. The van der Waals surface area contributed by atoms with E-state index in [4.69, 9.17) is 0 Å². The number of aromatic carboxylic acids is 1. The van der Waals surface area contributed by atoms with Crippen LogP contribution in [0.25, 0.3) is 5.69 Å². The van der Waals surface area contributed by atoms with E-state index < -0.39 is 5.97 Å². The zero-order chi connectivity index (χ0) is 15.2. The molecule has 1 N–H and O–H groups in total. The van der Waals surface area contributed by atoms with Crippen molar-refractivity contribution in [3.63, 3.8) is 0 Å². The molecule has 5 heteroatoms. The normalized spacial score (nSPS) is 15.2. The molecular weight excluding hydrogens is 266 g/mol. The molecule has 0 saturated heterocycles. The van der Waals surface area contributed by atoms with Crippen molar-refractivity contribution in [3.8, 4) is 5.69 Å². The van der Waals surface area contributed by atoms with E-state index in [0.29, 0.717) is 0 Å². The Balaban J connectivity index is 2.20. The smallest absolute Gasteiger partial charge is 0.358 e. The van der Waals surface area contributed by atoms with Crippen molar-refractivity contribution in [3.05, 3.63) is 41.2 Å². The van der Waals surface area contributed by atoms with E-state index >= 15 is 0 Å². The molecule has 0 bridgehead atoms. The third-order valence-electron chi connectivity index (χ3n) is 3.81. The molecule has 21 heavy (non-hydrogen) atoms. The Morgan fingerprint density at radius 2 is 1.95 bits per heavy atom. The van der Waals surface area contributed by atoms with Gasteiger partial charge in [-0.25, -0.2) is 9.48 Å². The predicted molar refractivity (Wildman–Crippen MR) is 79.0 cm³/mol. The Hall–Kier alpha value is -2.17. The number of rotatable bonds is 3. The molecule has 1 aliphatic rings. The fraction of sp³-hybridized carbons (Fsp3) is 0.438. The van der Waals surface area contributed by atoms with Gasteiger partial charge in [0.2, 0.25) is 0 Å². The van der Waals surface area contributed by atoms with Crippen molar-refractivity contribution in [2.75, 3.05) is 0 Å². The minimum atomic E-state index is -1.00. The molecule has 110 valence electrons. The van der Waals surface area contributed by atoms with Crippen molar-refractivity contribution >= 4 is 5.97 Å². The van der Waals surface area contributed by atoms with Gasteiger partial charge in [0.15, 0.2) is 5.69 Å². The molecule has 1 saturated carbocycles. The van der Waals surface area contributed by atoms with Gasteiger partial charge in [0.05, 0.1) is 11.4 Å². The quantitative estimate of drug-likeness (QED) is 0.940. The first-order chi connectivity index (χ1) is 9.89. The van der Waals surface area contributed by atoms with Gasteiger partial charge in [-0.1, -0.05) is 44.2 Å². The maximum Gasteiger partial charge on any atom is 0.358 e. The van der Waals surface area contributed by atoms with E-state index in [-0.39, 0.29) is 17.0 Å². The lowest BCUT2D eigenvalue weighted by atomic mass is 9.86. The summed E-state index contributed by atoms with van der Waals surface area (Å²) in [5, 5.41) is 17.3. The summed E-state index contributed by atoms with van der Waals surface area (Å²) in [6, 6.07) is 7.99. The number of aromatic nitrogens is 3. The van der Waals surface area contributed by atoms with E-state index in [1.165, 1.54) is 0 Å².